The van der Waals surface area contributed by atoms with Crippen LogP contribution in [0.2, 0.25) is 0 Å². The smallest absolute Gasteiger partial charge is 0.135 e. The first-order chi connectivity index (χ1) is 11.2. The number of hydrogen-bond donors (Lipinski definition) is 2. The van der Waals surface area contributed by atoms with Crippen molar-refractivity contribution in [3.63, 3.8) is 0 Å². The lowest BCUT2D eigenvalue weighted by Crippen LogP contribution is -2.03. The van der Waals surface area contributed by atoms with Gasteiger partial charge in [-0.25, -0.2) is 9.97 Å². The van der Waals surface area contributed by atoms with Crippen molar-refractivity contribution in [3.8, 4) is 0 Å². The highest BCUT2D eigenvalue weighted by Crippen LogP contribution is 2.21. The number of pyridine rings is 1. The molecule has 3 rings (SSSR count). The lowest BCUT2D eigenvalue weighted by atomic mass is 10.1. The number of hydrogen-bond acceptors (Lipinski definition) is 5. The standard InChI is InChI=1S/C18H19N5/c1-13-5-6-14(2)16(8-13)23-18-9-17(21-12-22-18)20-11-15-4-3-7-19-10-15/h3-10,12H,11H2,1-2H3,(H2,20,21,22,23). The van der Waals surface area contributed by atoms with Gasteiger partial charge in [-0.3, -0.25) is 4.98 Å². The molecule has 0 fully saturated rings. The van der Waals surface area contributed by atoms with Gasteiger partial charge in [0, 0.05) is 30.7 Å². The summed E-state index contributed by atoms with van der Waals surface area (Å²) >= 11 is 0. The summed E-state index contributed by atoms with van der Waals surface area (Å²) in [5, 5.41) is 6.63. The van der Waals surface area contributed by atoms with E-state index in [0.717, 1.165) is 22.9 Å². The van der Waals surface area contributed by atoms with E-state index in [1.165, 1.54) is 11.1 Å². The summed E-state index contributed by atoms with van der Waals surface area (Å²) in [5.41, 5.74) is 4.55. The number of aromatic nitrogens is 3. The molecular formula is C18H19N5. The van der Waals surface area contributed by atoms with E-state index < -0.39 is 0 Å². The number of anilines is 3. The Morgan fingerprint density at radius 2 is 1.87 bits per heavy atom. The molecule has 0 bridgehead atoms. The second kappa shape index (κ2) is 6.87. The summed E-state index contributed by atoms with van der Waals surface area (Å²) in [5.74, 6) is 1.54. The van der Waals surface area contributed by atoms with Gasteiger partial charge in [-0.2, -0.15) is 0 Å². The highest BCUT2D eigenvalue weighted by Gasteiger charge is 2.03. The van der Waals surface area contributed by atoms with Crippen LogP contribution in [0.3, 0.4) is 0 Å². The summed E-state index contributed by atoms with van der Waals surface area (Å²) in [7, 11) is 0. The predicted octanol–water partition coefficient (Wildman–Crippen LogP) is 3.84. The van der Waals surface area contributed by atoms with Gasteiger partial charge < -0.3 is 10.6 Å². The summed E-state index contributed by atoms with van der Waals surface area (Å²) < 4.78 is 0. The molecule has 0 atom stereocenters. The third kappa shape index (κ3) is 4.03. The Bertz CT molecular complexity index is 786. The molecule has 0 aliphatic carbocycles. The van der Waals surface area contributed by atoms with E-state index in [1.54, 1.807) is 12.5 Å². The van der Waals surface area contributed by atoms with Crippen LogP contribution in [0.5, 0.6) is 0 Å². The topological polar surface area (TPSA) is 62.7 Å². The average molecular weight is 305 g/mol. The molecule has 5 heteroatoms. The molecular weight excluding hydrogens is 286 g/mol. The highest BCUT2D eigenvalue weighted by molar-refractivity contribution is 5.63. The highest BCUT2D eigenvalue weighted by atomic mass is 15.1. The fraction of sp³-hybridized carbons (Fsp3) is 0.167. The number of rotatable bonds is 5. The van der Waals surface area contributed by atoms with Crippen LogP contribution in [0.15, 0.2) is 55.1 Å². The van der Waals surface area contributed by atoms with Gasteiger partial charge in [0.05, 0.1) is 0 Å². The minimum Gasteiger partial charge on any atom is -0.366 e. The first-order valence-corrected chi connectivity index (χ1v) is 7.50. The van der Waals surface area contributed by atoms with Gasteiger partial charge in [0.25, 0.3) is 0 Å². The van der Waals surface area contributed by atoms with Crippen molar-refractivity contribution in [3.05, 3.63) is 71.8 Å². The molecule has 2 N–H and O–H groups in total. The normalized spacial score (nSPS) is 10.3. The molecule has 0 radical (unpaired) electrons. The molecule has 2 heterocycles. The quantitative estimate of drug-likeness (QED) is 0.750. The van der Waals surface area contributed by atoms with E-state index in [1.807, 2.05) is 24.4 Å². The monoisotopic (exact) mass is 305 g/mol. The van der Waals surface area contributed by atoms with E-state index in [-0.39, 0.29) is 0 Å². The lowest BCUT2D eigenvalue weighted by Gasteiger charge is -2.11. The van der Waals surface area contributed by atoms with Crippen LogP contribution in [0.25, 0.3) is 0 Å². The Labute approximate surface area is 135 Å². The van der Waals surface area contributed by atoms with Gasteiger partial charge in [-0.15, -0.1) is 0 Å². The van der Waals surface area contributed by atoms with Crippen molar-refractivity contribution >= 4 is 17.3 Å². The Morgan fingerprint density at radius 1 is 1.00 bits per heavy atom. The number of nitrogens with one attached hydrogen (secondary N) is 2. The summed E-state index contributed by atoms with van der Waals surface area (Å²) in [4.78, 5) is 12.6. The summed E-state index contributed by atoms with van der Waals surface area (Å²) in [6, 6.07) is 12.2. The lowest BCUT2D eigenvalue weighted by molar-refractivity contribution is 1.07. The molecule has 0 unspecified atom stereocenters. The largest absolute Gasteiger partial charge is 0.366 e. The number of benzene rings is 1. The van der Waals surface area contributed by atoms with Crippen LogP contribution in [0.1, 0.15) is 16.7 Å². The molecule has 3 aromatic rings. The maximum absolute atomic E-state index is 4.29. The van der Waals surface area contributed by atoms with E-state index in [0.29, 0.717) is 6.54 Å². The third-order valence-corrected chi connectivity index (χ3v) is 3.52. The van der Waals surface area contributed by atoms with Crippen molar-refractivity contribution in [2.45, 2.75) is 20.4 Å². The zero-order chi connectivity index (χ0) is 16.1. The second-order valence-corrected chi connectivity index (χ2v) is 5.45. The Kier molecular flexibility index (Phi) is 4.47. The summed E-state index contributed by atoms with van der Waals surface area (Å²) in [6.45, 7) is 4.82. The molecule has 1 aromatic carbocycles. The van der Waals surface area contributed by atoms with Crippen LogP contribution < -0.4 is 10.6 Å². The van der Waals surface area contributed by atoms with Crippen molar-refractivity contribution < 1.29 is 0 Å². The van der Waals surface area contributed by atoms with Gasteiger partial charge in [-0.1, -0.05) is 18.2 Å². The molecule has 0 spiro atoms. The molecule has 0 aliphatic rings. The van der Waals surface area contributed by atoms with Crippen LogP contribution in [0.4, 0.5) is 17.3 Å². The van der Waals surface area contributed by atoms with Crippen LogP contribution in [-0.2, 0) is 6.54 Å². The fourth-order valence-corrected chi connectivity index (χ4v) is 2.23. The molecule has 0 saturated heterocycles. The summed E-state index contributed by atoms with van der Waals surface area (Å²) in [6.07, 6.45) is 5.16. The SMILES string of the molecule is Cc1ccc(C)c(Nc2cc(NCc3cccnc3)ncn2)c1. The van der Waals surface area contributed by atoms with Crippen LogP contribution in [0, 0.1) is 13.8 Å². The van der Waals surface area contributed by atoms with Crippen LogP contribution >= 0.6 is 0 Å². The molecule has 23 heavy (non-hydrogen) atoms. The average Bonchev–Trinajstić information content (AvgIpc) is 2.58. The fourth-order valence-electron chi connectivity index (χ4n) is 2.23. The molecule has 0 aliphatic heterocycles. The molecule has 2 aromatic heterocycles. The minimum atomic E-state index is 0.674. The maximum atomic E-state index is 4.29. The van der Waals surface area contributed by atoms with E-state index in [9.17, 15) is 0 Å². The molecule has 5 nitrogen and oxygen atoms in total. The Balaban J connectivity index is 1.71. The molecule has 116 valence electrons. The van der Waals surface area contributed by atoms with E-state index in [4.69, 9.17) is 0 Å². The first-order valence-electron chi connectivity index (χ1n) is 7.50. The molecule has 0 amide bonds. The second-order valence-electron chi connectivity index (χ2n) is 5.45. The van der Waals surface area contributed by atoms with Crippen LogP contribution in [-0.4, -0.2) is 15.0 Å². The van der Waals surface area contributed by atoms with Gasteiger partial charge >= 0.3 is 0 Å². The van der Waals surface area contributed by atoms with Gasteiger partial charge in [-0.05, 0) is 42.7 Å². The van der Waals surface area contributed by atoms with E-state index in [2.05, 4.69) is 57.6 Å². The van der Waals surface area contributed by atoms with Crippen molar-refractivity contribution in [1.29, 1.82) is 0 Å². The van der Waals surface area contributed by atoms with E-state index >= 15 is 0 Å². The maximum Gasteiger partial charge on any atom is 0.135 e. The number of aryl methyl sites for hydroxylation is 2. The third-order valence-electron chi connectivity index (χ3n) is 3.52. The van der Waals surface area contributed by atoms with Crippen molar-refractivity contribution in [1.82, 2.24) is 15.0 Å². The van der Waals surface area contributed by atoms with Crippen molar-refractivity contribution in [2.24, 2.45) is 0 Å². The molecule has 0 saturated carbocycles. The minimum absolute atomic E-state index is 0.674. The van der Waals surface area contributed by atoms with Gasteiger partial charge in [0.1, 0.15) is 18.0 Å². The van der Waals surface area contributed by atoms with Gasteiger partial charge in [0.15, 0.2) is 0 Å². The Hall–Kier alpha value is -2.95. The predicted molar refractivity (Wildman–Crippen MR) is 92.8 cm³/mol. The number of nitrogens with zero attached hydrogens (tertiary/aromatic N) is 3. The Morgan fingerprint density at radius 3 is 2.70 bits per heavy atom. The van der Waals surface area contributed by atoms with Crippen molar-refractivity contribution in [2.75, 3.05) is 10.6 Å². The first kappa shape index (κ1) is 15.0. The zero-order valence-corrected chi connectivity index (χ0v) is 13.2. The zero-order valence-electron chi connectivity index (χ0n) is 13.2. The van der Waals surface area contributed by atoms with Gasteiger partial charge in [0.2, 0.25) is 0 Å².